The van der Waals surface area contributed by atoms with E-state index in [-0.39, 0.29) is 5.60 Å². The molecule has 1 aliphatic carbocycles. The number of ether oxygens (including phenoxy) is 1. The van der Waals surface area contributed by atoms with Gasteiger partial charge in [-0.1, -0.05) is 43.2 Å². The van der Waals surface area contributed by atoms with E-state index in [9.17, 15) is 5.11 Å². The maximum atomic E-state index is 10.2. The van der Waals surface area contributed by atoms with Crippen molar-refractivity contribution >= 4 is 0 Å². The Morgan fingerprint density at radius 2 is 2.00 bits per heavy atom. The first-order chi connectivity index (χ1) is 9.77. The second kappa shape index (κ2) is 6.25. The van der Waals surface area contributed by atoms with Gasteiger partial charge in [-0.25, -0.2) is 0 Å². The molecule has 1 aromatic rings. The van der Waals surface area contributed by atoms with Crippen LogP contribution in [0.1, 0.15) is 50.2 Å². The first-order valence-corrected chi connectivity index (χ1v) is 7.88. The van der Waals surface area contributed by atoms with Gasteiger partial charge in [0.25, 0.3) is 0 Å². The summed E-state index contributed by atoms with van der Waals surface area (Å²) in [5, 5.41) is 13.8. The van der Waals surface area contributed by atoms with Crippen LogP contribution in [0.5, 0.6) is 0 Å². The zero-order valence-corrected chi connectivity index (χ0v) is 12.1. The number of rotatable bonds is 4. The Balaban J connectivity index is 1.51. The van der Waals surface area contributed by atoms with Crippen LogP contribution in [-0.4, -0.2) is 29.9 Å². The highest BCUT2D eigenvalue weighted by atomic mass is 16.5. The second-order valence-electron chi connectivity index (χ2n) is 6.26. The number of benzene rings is 1. The van der Waals surface area contributed by atoms with Crippen LogP contribution in [-0.2, 0) is 4.74 Å². The summed E-state index contributed by atoms with van der Waals surface area (Å²) in [7, 11) is 0. The predicted molar refractivity (Wildman–Crippen MR) is 79.6 cm³/mol. The molecule has 3 rings (SSSR count). The molecule has 2 fully saturated rings. The third-order valence-corrected chi connectivity index (χ3v) is 4.79. The Morgan fingerprint density at radius 3 is 2.75 bits per heavy atom. The maximum absolute atomic E-state index is 10.2. The molecule has 0 amide bonds. The highest BCUT2D eigenvalue weighted by Crippen LogP contribution is 2.39. The van der Waals surface area contributed by atoms with Crippen LogP contribution in [0.4, 0.5) is 0 Å². The average Bonchev–Trinajstić information content (AvgIpc) is 2.93. The van der Waals surface area contributed by atoms with Gasteiger partial charge in [0.15, 0.2) is 0 Å². The molecule has 0 bridgehead atoms. The van der Waals surface area contributed by atoms with Crippen LogP contribution in [0.2, 0.25) is 0 Å². The van der Waals surface area contributed by atoms with Gasteiger partial charge in [0.05, 0.1) is 11.7 Å². The topological polar surface area (TPSA) is 41.5 Å². The highest BCUT2D eigenvalue weighted by molar-refractivity contribution is 5.17. The zero-order valence-electron chi connectivity index (χ0n) is 12.1. The van der Waals surface area contributed by atoms with Crippen molar-refractivity contribution in [3.05, 3.63) is 35.9 Å². The van der Waals surface area contributed by atoms with Crippen molar-refractivity contribution in [2.75, 3.05) is 13.2 Å². The largest absolute Gasteiger partial charge is 0.387 e. The van der Waals surface area contributed by atoms with Gasteiger partial charge >= 0.3 is 0 Å². The number of hydrogen-bond donors (Lipinski definition) is 2. The van der Waals surface area contributed by atoms with Gasteiger partial charge in [0.2, 0.25) is 0 Å². The van der Waals surface area contributed by atoms with Gasteiger partial charge in [-0.2, -0.15) is 0 Å². The van der Waals surface area contributed by atoms with Gasteiger partial charge in [0, 0.05) is 19.2 Å². The molecule has 1 spiro atoms. The van der Waals surface area contributed by atoms with Crippen molar-refractivity contribution in [1.82, 2.24) is 5.32 Å². The summed E-state index contributed by atoms with van der Waals surface area (Å²) in [5.41, 5.74) is 1.13. The van der Waals surface area contributed by atoms with Crippen LogP contribution >= 0.6 is 0 Å². The van der Waals surface area contributed by atoms with Crippen LogP contribution < -0.4 is 5.32 Å². The van der Waals surface area contributed by atoms with Gasteiger partial charge < -0.3 is 15.2 Å². The fourth-order valence-corrected chi connectivity index (χ4v) is 3.64. The number of aliphatic hydroxyl groups excluding tert-OH is 1. The molecular formula is C17H25NO2. The molecular weight excluding hydrogens is 250 g/mol. The fourth-order valence-electron chi connectivity index (χ4n) is 3.64. The molecule has 1 saturated carbocycles. The summed E-state index contributed by atoms with van der Waals surface area (Å²) in [5.74, 6) is 0. The van der Waals surface area contributed by atoms with Gasteiger partial charge in [0.1, 0.15) is 0 Å². The molecule has 2 unspecified atom stereocenters. The molecule has 1 aromatic carbocycles. The van der Waals surface area contributed by atoms with E-state index in [1.807, 2.05) is 30.3 Å². The summed E-state index contributed by atoms with van der Waals surface area (Å²) >= 11 is 0. The average molecular weight is 275 g/mol. The van der Waals surface area contributed by atoms with Crippen molar-refractivity contribution in [2.45, 2.75) is 56.3 Å². The van der Waals surface area contributed by atoms with E-state index in [0.29, 0.717) is 12.6 Å². The zero-order chi connectivity index (χ0) is 13.8. The molecule has 2 atom stereocenters. The Labute approximate surface area is 121 Å². The standard InChI is InChI=1S/C17H25NO2/c19-16(14-6-2-1-3-7-14)13-18-15-8-11-20-17(12-15)9-4-5-10-17/h1-3,6-7,15-16,18-19H,4-5,8-13H2. The molecule has 1 heterocycles. The van der Waals surface area contributed by atoms with Crippen molar-refractivity contribution in [3.8, 4) is 0 Å². The minimum Gasteiger partial charge on any atom is -0.387 e. The first-order valence-electron chi connectivity index (χ1n) is 7.88. The highest BCUT2D eigenvalue weighted by Gasteiger charge is 2.39. The monoisotopic (exact) mass is 275 g/mol. The van der Waals surface area contributed by atoms with Crippen molar-refractivity contribution < 1.29 is 9.84 Å². The fraction of sp³-hybridized carbons (Fsp3) is 0.647. The maximum Gasteiger partial charge on any atom is 0.0914 e. The van der Waals surface area contributed by atoms with Crippen LogP contribution in [0, 0.1) is 0 Å². The van der Waals surface area contributed by atoms with E-state index in [0.717, 1.165) is 25.0 Å². The molecule has 1 aliphatic heterocycles. The predicted octanol–water partition coefficient (Wildman–Crippen LogP) is 2.80. The number of hydrogen-bond acceptors (Lipinski definition) is 3. The lowest BCUT2D eigenvalue weighted by atomic mass is 9.89. The third-order valence-electron chi connectivity index (χ3n) is 4.79. The lowest BCUT2D eigenvalue weighted by Gasteiger charge is -2.39. The van der Waals surface area contributed by atoms with Gasteiger partial charge in [-0.05, 0) is 31.2 Å². The molecule has 3 heteroatoms. The normalized spacial score (nSPS) is 26.8. The summed E-state index contributed by atoms with van der Waals surface area (Å²) in [6.07, 6.45) is 6.79. The van der Waals surface area contributed by atoms with Crippen LogP contribution in [0.15, 0.2) is 30.3 Å². The molecule has 3 nitrogen and oxygen atoms in total. The third kappa shape index (κ3) is 3.22. The lowest BCUT2D eigenvalue weighted by molar-refractivity contribution is -0.0844. The quantitative estimate of drug-likeness (QED) is 0.888. The van der Waals surface area contributed by atoms with Gasteiger partial charge in [-0.15, -0.1) is 0 Å². The number of aliphatic hydroxyl groups is 1. The molecule has 0 radical (unpaired) electrons. The molecule has 0 aromatic heterocycles. The minimum atomic E-state index is -0.418. The second-order valence-corrected chi connectivity index (χ2v) is 6.26. The van der Waals surface area contributed by atoms with E-state index in [2.05, 4.69) is 5.32 Å². The van der Waals surface area contributed by atoms with E-state index >= 15 is 0 Å². The summed E-state index contributed by atoms with van der Waals surface area (Å²) in [6, 6.07) is 10.4. The summed E-state index contributed by atoms with van der Waals surface area (Å²) in [6.45, 7) is 1.49. The van der Waals surface area contributed by atoms with E-state index in [1.165, 1.54) is 25.7 Å². The minimum absolute atomic E-state index is 0.146. The van der Waals surface area contributed by atoms with Crippen molar-refractivity contribution in [2.24, 2.45) is 0 Å². The molecule has 1 saturated heterocycles. The van der Waals surface area contributed by atoms with Crippen LogP contribution in [0.25, 0.3) is 0 Å². The number of nitrogens with one attached hydrogen (secondary N) is 1. The smallest absolute Gasteiger partial charge is 0.0914 e. The van der Waals surface area contributed by atoms with E-state index in [1.54, 1.807) is 0 Å². The Bertz CT molecular complexity index is 414. The van der Waals surface area contributed by atoms with Crippen molar-refractivity contribution in [3.63, 3.8) is 0 Å². The molecule has 2 N–H and O–H groups in total. The summed E-state index contributed by atoms with van der Waals surface area (Å²) in [4.78, 5) is 0. The van der Waals surface area contributed by atoms with Gasteiger partial charge in [-0.3, -0.25) is 0 Å². The molecule has 2 aliphatic rings. The first kappa shape index (κ1) is 14.1. The Kier molecular flexibility index (Phi) is 4.39. The van der Waals surface area contributed by atoms with Crippen LogP contribution in [0.3, 0.4) is 0 Å². The SMILES string of the molecule is OC(CNC1CCOC2(CCCC2)C1)c1ccccc1. The van der Waals surface area contributed by atoms with Crippen molar-refractivity contribution in [1.29, 1.82) is 0 Å². The lowest BCUT2D eigenvalue weighted by Crippen LogP contribution is -2.46. The summed E-state index contributed by atoms with van der Waals surface area (Å²) < 4.78 is 6.05. The van der Waals surface area contributed by atoms with E-state index < -0.39 is 6.10 Å². The molecule has 110 valence electrons. The molecule has 20 heavy (non-hydrogen) atoms. The van der Waals surface area contributed by atoms with E-state index in [4.69, 9.17) is 4.74 Å². The Morgan fingerprint density at radius 1 is 1.25 bits per heavy atom. The Hall–Kier alpha value is -0.900.